The molecule has 0 fully saturated rings. The van der Waals surface area contributed by atoms with Crippen LogP contribution in [0.5, 0.6) is 0 Å². The van der Waals surface area contributed by atoms with Gasteiger partial charge in [-0.05, 0) is 12.3 Å². The molecule has 0 spiro atoms. The Kier molecular flexibility index (Phi) is 3.65. The van der Waals surface area contributed by atoms with Crippen LogP contribution in [0.1, 0.15) is 26.0 Å². The Hall–Kier alpha value is -0.710. The molecular formula is C9H12ClF3N2. The monoisotopic (exact) mass is 240 g/mol. The van der Waals surface area contributed by atoms with Gasteiger partial charge in [0, 0.05) is 12.6 Å². The van der Waals surface area contributed by atoms with Crippen molar-refractivity contribution in [1.82, 2.24) is 9.78 Å². The number of rotatable bonds is 3. The highest BCUT2D eigenvalue weighted by atomic mass is 35.5. The second-order valence-corrected chi connectivity index (χ2v) is 4.14. The van der Waals surface area contributed by atoms with Gasteiger partial charge in [0.1, 0.15) is 5.15 Å². The van der Waals surface area contributed by atoms with Crippen LogP contribution in [-0.2, 0) is 12.7 Å². The normalized spacial score (nSPS) is 12.5. The third kappa shape index (κ3) is 3.41. The van der Waals surface area contributed by atoms with Gasteiger partial charge in [-0.1, -0.05) is 25.4 Å². The molecule has 15 heavy (non-hydrogen) atoms. The molecule has 6 heteroatoms. The van der Waals surface area contributed by atoms with Gasteiger partial charge >= 0.3 is 6.18 Å². The van der Waals surface area contributed by atoms with Gasteiger partial charge in [-0.15, -0.1) is 0 Å². The predicted octanol–water partition coefficient (Wildman–Crippen LogP) is 3.60. The van der Waals surface area contributed by atoms with E-state index in [2.05, 4.69) is 5.10 Å². The van der Waals surface area contributed by atoms with Crippen molar-refractivity contribution in [2.45, 2.75) is 33.0 Å². The van der Waals surface area contributed by atoms with E-state index in [1.54, 1.807) is 0 Å². The maximum absolute atomic E-state index is 12.2. The van der Waals surface area contributed by atoms with Gasteiger partial charge in [-0.25, -0.2) is 0 Å². The quantitative estimate of drug-likeness (QED) is 0.789. The average Bonchev–Trinajstić information content (AvgIpc) is 2.42. The molecule has 0 unspecified atom stereocenters. The third-order valence-electron chi connectivity index (χ3n) is 1.94. The van der Waals surface area contributed by atoms with Crippen molar-refractivity contribution in [3.63, 3.8) is 0 Å². The van der Waals surface area contributed by atoms with Gasteiger partial charge in [-0.2, -0.15) is 18.3 Å². The number of hydrogen-bond donors (Lipinski definition) is 0. The molecule has 0 aliphatic heterocycles. The van der Waals surface area contributed by atoms with Gasteiger partial charge in [0.2, 0.25) is 0 Å². The van der Waals surface area contributed by atoms with Gasteiger partial charge in [0.15, 0.2) is 5.69 Å². The maximum Gasteiger partial charge on any atom is 0.435 e. The zero-order chi connectivity index (χ0) is 11.6. The van der Waals surface area contributed by atoms with E-state index in [0.717, 1.165) is 12.5 Å². The first kappa shape index (κ1) is 12.4. The fourth-order valence-corrected chi connectivity index (χ4v) is 1.30. The lowest BCUT2D eigenvalue weighted by Gasteiger charge is -2.05. The molecule has 0 aliphatic rings. The molecule has 0 saturated heterocycles. The Morgan fingerprint density at radius 3 is 2.47 bits per heavy atom. The fraction of sp³-hybridized carbons (Fsp3) is 0.667. The van der Waals surface area contributed by atoms with Crippen LogP contribution in [-0.4, -0.2) is 9.78 Å². The van der Waals surface area contributed by atoms with Crippen LogP contribution in [0.3, 0.4) is 0 Å². The molecule has 1 aromatic rings. The molecule has 0 atom stereocenters. The van der Waals surface area contributed by atoms with E-state index >= 15 is 0 Å². The first-order valence-corrected chi connectivity index (χ1v) is 4.99. The Bertz CT molecular complexity index is 331. The number of aromatic nitrogens is 2. The van der Waals surface area contributed by atoms with Crippen molar-refractivity contribution < 1.29 is 13.2 Å². The second kappa shape index (κ2) is 4.43. The van der Waals surface area contributed by atoms with Crippen molar-refractivity contribution in [3.8, 4) is 0 Å². The Balaban J connectivity index is 2.78. The van der Waals surface area contributed by atoms with Crippen LogP contribution in [0.2, 0.25) is 5.15 Å². The highest BCUT2D eigenvalue weighted by Gasteiger charge is 2.34. The Labute approximate surface area is 91.0 Å². The number of hydrogen-bond acceptors (Lipinski definition) is 1. The zero-order valence-corrected chi connectivity index (χ0v) is 9.23. The van der Waals surface area contributed by atoms with Crippen LogP contribution in [0, 0.1) is 5.92 Å². The van der Waals surface area contributed by atoms with Crippen molar-refractivity contribution in [2.24, 2.45) is 5.92 Å². The van der Waals surface area contributed by atoms with E-state index in [0.29, 0.717) is 12.5 Å². The summed E-state index contributed by atoms with van der Waals surface area (Å²) >= 11 is 5.63. The van der Waals surface area contributed by atoms with Crippen molar-refractivity contribution in [3.05, 3.63) is 16.9 Å². The van der Waals surface area contributed by atoms with Crippen LogP contribution >= 0.6 is 11.6 Å². The molecule has 0 N–H and O–H groups in total. The smallest absolute Gasteiger partial charge is 0.253 e. The zero-order valence-electron chi connectivity index (χ0n) is 8.48. The highest BCUT2D eigenvalue weighted by molar-refractivity contribution is 6.29. The molecule has 86 valence electrons. The van der Waals surface area contributed by atoms with E-state index in [9.17, 15) is 13.2 Å². The number of aryl methyl sites for hydroxylation is 1. The van der Waals surface area contributed by atoms with Gasteiger partial charge in [0.05, 0.1) is 0 Å². The molecule has 2 nitrogen and oxygen atoms in total. The van der Waals surface area contributed by atoms with E-state index < -0.39 is 11.9 Å². The van der Waals surface area contributed by atoms with Crippen LogP contribution in [0.4, 0.5) is 13.2 Å². The summed E-state index contributed by atoms with van der Waals surface area (Å²) in [7, 11) is 0. The summed E-state index contributed by atoms with van der Waals surface area (Å²) in [4.78, 5) is 0. The van der Waals surface area contributed by atoms with E-state index in [1.807, 2.05) is 13.8 Å². The lowest BCUT2D eigenvalue weighted by atomic mass is 10.1. The molecule has 0 aromatic carbocycles. The molecule has 1 aromatic heterocycles. The largest absolute Gasteiger partial charge is 0.435 e. The van der Waals surface area contributed by atoms with Crippen molar-refractivity contribution >= 4 is 11.6 Å². The Morgan fingerprint density at radius 1 is 1.47 bits per heavy atom. The average molecular weight is 241 g/mol. The number of halogens is 4. The summed E-state index contributed by atoms with van der Waals surface area (Å²) < 4.78 is 37.9. The minimum atomic E-state index is -4.42. The summed E-state index contributed by atoms with van der Waals surface area (Å²) in [5.41, 5.74) is -0.934. The molecular weight excluding hydrogens is 229 g/mol. The standard InChI is InChI=1S/C9H12ClF3N2/c1-6(2)3-4-15-8(10)5-7(14-15)9(11,12)13/h5-6H,3-4H2,1-2H3. The van der Waals surface area contributed by atoms with Crippen LogP contribution < -0.4 is 0 Å². The van der Waals surface area contributed by atoms with Crippen LogP contribution in [0.15, 0.2) is 6.07 Å². The molecule has 0 radical (unpaired) electrons. The van der Waals surface area contributed by atoms with E-state index in [4.69, 9.17) is 11.6 Å². The molecule has 1 rings (SSSR count). The fourth-order valence-electron chi connectivity index (χ4n) is 1.07. The molecule has 0 bridgehead atoms. The van der Waals surface area contributed by atoms with Gasteiger partial charge < -0.3 is 0 Å². The lowest BCUT2D eigenvalue weighted by Crippen LogP contribution is -2.09. The maximum atomic E-state index is 12.2. The van der Waals surface area contributed by atoms with E-state index in [1.165, 1.54) is 4.68 Å². The molecule has 0 amide bonds. The topological polar surface area (TPSA) is 17.8 Å². The molecule has 0 saturated carbocycles. The molecule has 0 aliphatic carbocycles. The van der Waals surface area contributed by atoms with Crippen molar-refractivity contribution in [1.29, 1.82) is 0 Å². The van der Waals surface area contributed by atoms with E-state index in [-0.39, 0.29) is 5.15 Å². The number of nitrogens with zero attached hydrogens (tertiary/aromatic N) is 2. The third-order valence-corrected chi connectivity index (χ3v) is 2.24. The number of alkyl halides is 3. The predicted molar refractivity (Wildman–Crippen MR) is 51.7 cm³/mol. The molecule has 1 heterocycles. The summed E-state index contributed by atoms with van der Waals surface area (Å²) in [5, 5.41) is 3.44. The second-order valence-electron chi connectivity index (χ2n) is 3.76. The highest BCUT2D eigenvalue weighted by Crippen LogP contribution is 2.29. The first-order valence-electron chi connectivity index (χ1n) is 4.61. The SMILES string of the molecule is CC(C)CCn1nc(C(F)(F)F)cc1Cl. The van der Waals surface area contributed by atoms with Gasteiger partial charge in [0.25, 0.3) is 0 Å². The van der Waals surface area contributed by atoms with Crippen LogP contribution in [0.25, 0.3) is 0 Å². The Morgan fingerprint density at radius 2 is 2.07 bits per heavy atom. The first-order chi connectivity index (χ1) is 6.80. The summed E-state index contributed by atoms with van der Waals surface area (Å²) in [6, 6.07) is 0.849. The minimum Gasteiger partial charge on any atom is -0.253 e. The summed E-state index contributed by atoms with van der Waals surface area (Å²) in [6.45, 7) is 4.39. The summed E-state index contributed by atoms with van der Waals surface area (Å²) in [6.07, 6.45) is -3.68. The minimum absolute atomic E-state index is 0.0305. The van der Waals surface area contributed by atoms with Gasteiger partial charge in [-0.3, -0.25) is 4.68 Å². The lowest BCUT2D eigenvalue weighted by molar-refractivity contribution is -0.141. The van der Waals surface area contributed by atoms with Crippen molar-refractivity contribution in [2.75, 3.05) is 0 Å². The summed E-state index contributed by atoms with van der Waals surface area (Å²) in [5.74, 6) is 0.402.